The fraction of sp³-hybridized carbons (Fsp3) is 0.357. The molecule has 1 fully saturated rings. The molecule has 1 aliphatic heterocycles. The highest BCUT2D eigenvalue weighted by Crippen LogP contribution is 2.23. The predicted octanol–water partition coefficient (Wildman–Crippen LogP) is 2.19. The van der Waals surface area contributed by atoms with Crippen LogP contribution in [0.2, 0.25) is 0 Å². The molecular weight excluding hydrogens is 293 g/mol. The molecule has 0 unspecified atom stereocenters. The Labute approximate surface area is 123 Å². The van der Waals surface area contributed by atoms with E-state index in [-0.39, 0.29) is 10.6 Å². The van der Waals surface area contributed by atoms with Crippen molar-refractivity contribution in [3.05, 3.63) is 42.5 Å². The molecule has 0 spiro atoms. The zero-order valence-electron chi connectivity index (χ0n) is 11.4. The zero-order chi connectivity index (χ0) is 14.9. The number of aromatic nitrogens is 2. The number of halogens is 1. The Morgan fingerprint density at radius 2 is 1.90 bits per heavy atom. The third kappa shape index (κ3) is 2.71. The highest BCUT2D eigenvalue weighted by atomic mass is 32.2. The second kappa shape index (κ2) is 5.57. The van der Waals surface area contributed by atoms with E-state index < -0.39 is 15.8 Å². The highest BCUT2D eigenvalue weighted by molar-refractivity contribution is 7.89. The number of nitrogens with zero attached hydrogens (tertiary/aromatic N) is 3. The van der Waals surface area contributed by atoms with Crippen molar-refractivity contribution in [1.29, 1.82) is 0 Å². The maximum Gasteiger partial charge on any atom is 0.243 e. The Bertz CT molecular complexity index is 723. The molecule has 2 heterocycles. The van der Waals surface area contributed by atoms with Crippen LogP contribution in [0.3, 0.4) is 0 Å². The zero-order valence-corrected chi connectivity index (χ0v) is 12.3. The average molecular weight is 309 g/mol. The minimum atomic E-state index is -3.61. The van der Waals surface area contributed by atoms with Gasteiger partial charge in [-0.15, -0.1) is 0 Å². The fourth-order valence-corrected chi connectivity index (χ4v) is 4.03. The lowest BCUT2D eigenvalue weighted by Crippen LogP contribution is -2.35. The van der Waals surface area contributed by atoms with Crippen LogP contribution in [0.25, 0.3) is 5.69 Å². The van der Waals surface area contributed by atoms with E-state index in [0.29, 0.717) is 13.1 Å². The number of hydrogen-bond acceptors (Lipinski definition) is 3. The van der Waals surface area contributed by atoms with Crippen molar-refractivity contribution in [3.8, 4) is 5.69 Å². The van der Waals surface area contributed by atoms with Crippen LogP contribution in [0.15, 0.2) is 41.6 Å². The van der Waals surface area contributed by atoms with E-state index in [1.165, 1.54) is 27.3 Å². The van der Waals surface area contributed by atoms with Crippen molar-refractivity contribution >= 4 is 10.0 Å². The quantitative estimate of drug-likeness (QED) is 0.873. The molecule has 7 heteroatoms. The van der Waals surface area contributed by atoms with Crippen molar-refractivity contribution in [2.24, 2.45) is 0 Å². The van der Waals surface area contributed by atoms with Gasteiger partial charge in [-0.1, -0.05) is 6.42 Å². The molecule has 21 heavy (non-hydrogen) atoms. The lowest BCUT2D eigenvalue weighted by atomic mass is 10.2. The van der Waals surface area contributed by atoms with Crippen LogP contribution >= 0.6 is 0 Å². The molecule has 0 amide bonds. The van der Waals surface area contributed by atoms with Crippen LogP contribution in [-0.2, 0) is 10.0 Å². The van der Waals surface area contributed by atoms with E-state index in [9.17, 15) is 12.8 Å². The Balaban J connectivity index is 1.94. The molecule has 112 valence electrons. The fourth-order valence-electron chi connectivity index (χ4n) is 2.50. The van der Waals surface area contributed by atoms with Crippen molar-refractivity contribution in [1.82, 2.24) is 14.1 Å². The van der Waals surface area contributed by atoms with Gasteiger partial charge in [0, 0.05) is 25.5 Å². The topological polar surface area (TPSA) is 55.2 Å². The van der Waals surface area contributed by atoms with Crippen molar-refractivity contribution in [2.75, 3.05) is 13.1 Å². The highest BCUT2D eigenvalue weighted by Gasteiger charge is 2.26. The van der Waals surface area contributed by atoms with Gasteiger partial charge in [0.15, 0.2) is 0 Å². The first kappa shape index (κ1) is 14.2. The second-order valence-electron chi connectivity index (χ2n) is 5.03. The van der Waals surface area contributed by atoms with Gasteiger partial charge in [-0.05, 0) is 37.1 Å². The van der Waals surface area contributed by atoms with E-state index in [1.807, 2.05) is 0 Å². The van der Waals surface area contributed by atoms with Gasteiger partial charge in [0.05, 0.1) is 4.90 Å². The molecule has 3 rings (SSSR count). The third-order valence-electron chi connectivity index (χ3n) is 3.62. The van der Waals surface area contributed by atoms with E-state index >= 15 is 0 Å². The number of hydrogen-bond donors (Lipinski definition) is 0. The summed E-state index contributed by atoms with van der Waals surface area (Å²) in [4.78, 5) is -0.00203. The van der Waals surface area contributed by atoms with Crippen molar-refractivity contribution in [2.45, 2.75) is 24.2 Å². The summed E-state index contributed by atoms with van der Waals surface area (Å²) in [5.74, 6) is -0.600. The van der Waals surface area contributed by atoms with Crippen molar-refractivity contribution in [3.63, 3.8) is 0 Å². The summed E-state index contributed by atoms with van der Waals surface area (Å²) in [6.45, 7) is 1.01. The van der Waals surface area contributed by atoms with Gasteiger partial charge in [-0.3, -0.25) is 0 Å². The average Bonchev–Trinajstić information content (AvgIpc) is 3.02. The molecule has 0 N–H and O–H groups in total. The Morgan fingerprint density at radius 3 is 2.52 bits per heavy atom. The molecule has 0 saturated carbocycles. The lowest BCUT2D eigenvalue weighted by Gasteiger charge is -2.25. The standard InChI is InChI=1S/C14H16FN3O2S/c15-13-11-12(5-6-14(13)18-10-4-7-16-18)21(19,20)17-8-2-1-3-9-17/h4-7,10-11H,1-3,8-9H2. The summed E-state index contributed by atoms with van der Waals surface area (Å²) in [5.41, 5.74) is 0.234. The van der Waals surface area contributed by atoms with Gasteiger partial charge in [0.1, 0.15) is 11.5 Å². The first-order valence-electron chi connectivity index (χ1n) is 6.89. The maximum atomic E-state index is 14.2. The van der Waals surface area contributed by atoms with Gasteiger partial charge in [-0.25, -0.2) is 17.5 Å². The van der Waals surface area contributed by atoms with Gasteiger partial charge in [0.25, 0.3) is 0 Å². The third-order valence-corrected chi connectivity index (χ3v) is 5.52. The Hall–Kier alpha value is -1.73. The van der Waals surface area contributed by atoms with E-state index in [1.54, 1.807) is 12.3 Å². The first-order valence-corrected chi connectivity index (χ1v) is 8.33. The van der Waals surface area contributed by atoms with Gasteiger partial charge >= 0.3 is 0 Å². The number of benzene rings is 1. The predicted molar refractivity (Wildman–Crippen MR) is 76.1 cm³/mol. The minimum Gasteiger partial charge on any atom is -0.238 e. The van der Waals surface area contributed by atoms with Crippen LogP contribution in [-0.4, -0.2) is 35.6 Å². The van der Waals surface area contributed by atoms with Crippen LogP contribution < -0.4 is 0 Å². The monoisotopic (exact) mass is 309 g/mol. The lowest BCUT2D eigenvalue weighted by molar-refractivity contribution is 0.346. The van der Waals surface area contributed by atoms with E-state index in [2.05, 4.69) is 5.10 Å². The maximum absolute atomic E-state index is 14.2. The van der Waals surface area contributed by atoms with Gasteiger partial charge in [0.2, 0.25) is 10.0 Å². The molecular formula is C14H16FN3O2S. The van der Waals surface area contributed by atoms with Gasteiger partial charge < -0.3 is 0 Å². The van der Waals surface area contributed by atoms with Crippen molar-refractivity contribution < 1.29 is 12.8 Å². The first-order chi connectivity index (χ1) is 10.1. The Morgan fingerprint density at radius 1 is 1.14 bits per heavy atom. The number of piperidine rings is 1. The smallest absolute Gasteiger partial charge is 0.238 e. The van der Waals surface area contributed by atoms with Crippen LogP contribution in [0, 0.1) is 5.82 Å². The van der Waals surface area contributed by atoms with Crippen LogP contribution in [0.1, 0.15) is 19.3 Å². The molecule has 1 aromatic heterocycles. The molecule has 0 bridgehead atoms. The minimum absolute atomic E-state index is 0.00203. The molecule has 0 radical (unpaired) electrons. The normalized spacial score (nSPS) is 17.0. The molecule has 1 aromatic carbocycles. The number of rotatable bonds is 3. The summed E-state index contributed by atoms with van der Waals surface area (Å²) in [6, 6.07) is 5.63. The van der Waals surface area contributed by atoms with Crippen LogP contribution in [0.4, 0.5) is 4.39 Å². The largest absolute Gasteiger partial charge is 0.243 e. The van der Waals surface area contributed by atoms with Gasteiger partial charge in [-0.2, -0.15) is 9.40 Å². The summed E-state index contributed by atoms with van der Waals surface area (Å²) in [7, 11) is -3.61. The summed E-state index contributed by atoms with van der Waals surface area (Å²) >= 11 is 0. The molecule has 1 saturated heterocycles. The second-order valence-corrected chi connectivity index (χ2v) is 6.97. The number of sulfonamides is 1. The molecule has 1 aliphatic rings. The van der Waals surface area contributed by atoms with E-state index in [0.717, 1.165) is 25.3 Å². The summed E-state index contributed by atoms with van der Waals surface area (Å²) in [5, 5.41) is 3.95. The summed E-state index contributed by atoms with van der Waals surface area (Å²) in [6.07, 6.45) is 5.90. The molecule has 5 nitrogen and oxygen atoms in total. The van der Waals surface area contributed by atoms with E-state index in [4.69, 9.17) is 0 Å². The molecule has 2 aromatic rings. The van der Waals surface area contributed by atoms with Crippen LogP contribution in [0.5, 0.6) is 0 Å². The SMILES string of the molecule is O=S(=O)(c1ccc(-n2cccn2)c(F)c1)N1CCCCC1. The summed E-state index contributed by atoms with van der Waals surface area (Å²) < 4.78 is 41.9. The molecule has 0 aliphatic carbocycles. The molecule has 0 atom stereocenters. The Kier molecular flexibility index (Phi) is 3.77.